The average Bonchev–Trinajstić information content (AvgIpc) is 2.89. The Kier molecular flexibility index (Phi) is 4.94. The summed E-state index contributed by atoms with van der Waals surface area (Å²) < 4.78 is 1.44. The van der Waals surface area contributed by atoms with Gasteiger partial charge >= 0.3 is 0 Å². The molecule has 0 bridgehead atoms. The van der Waals surface area contributed by atoms with Crippen LogP contribution in [0, 0.1) is 28.6 Å². The molecule has 0 radical (unpaired) electrons. The molecule has 110 valence electrons. The van der Waals surface area contributed by atoms with Crippen molar-refractivity contribution in [1.29, 1.82) is 10.5 Å². The number of nitriles is 2. The van der Waals surface area contributed by atoms with Gasteiger partial charge in [-0.05, 0) is 18.8 Å². The van der Waals surface area contributed by atoms with Crippen molar-refractivity contribution in [3.05, 3.63) is 17.7 Å². The van der Waals surface area contributed by atoms with E-state index in [-0.39, 0.29) is 23.8 Å². The summed E-state index contributed by atoms with van der Waals surface area (Å²) in [5, 5.41) is 17.9. The van der Waals surface area contributed by atoms with Crippen LogP contribution in [0.3, 0.4) is 0 Å². The van der Waals surface area contributed by atoms with Crippen LogP contribution in [-0.2, 0) is 11.3 Å². The van der Waals surface area contributed by atoms with Gasteiger partial charge < -0.3 is 9.47 Å². The van der Waals surface area contributed by atoms with E-state index in [9.17, 15) is 4.79 Å². The normalized spacial score (nSPS) is 15.2. The molecule has 0 aliphatic heterocycles. The van der Waals surface area contributed by atoms with Crippen molar-refractivity contribution in [2.24, 2.45) is 5.92 Å². The van der Waals surface area contributed by atoms with Crippen molar-refractivity contribution in [3.63, 3.8) is 0 Å². The zero-order valence-corrected chi connectivity index (χ0v) is 12.2. The predicted octanol–water partition coefficient (Wildman–Crippen LogP) is 1.67. The monoisotopic (exact) mass is 285 g/mol. The largest absolute Gasteiger partial charge is 0.344 e. The van der Waals surface area contributed by atoms with Crippen molar-refractivity contribution in [2.45, 2.75) is 38.6 Å². The average molecular weight is 285 g/mol. The van der Waals surface area contributed by atoms with Crippen LogP contribution in [0.4, 0.5) is 0 Å². The minimum Gasteiger partial charge on any atom is -0.344 e. The van der Waals surface area contributed by atoms with E-state index >= 15 is 0 Å². The van der Waals surface area contributed by atoms with Gasteiger partial charge in [0.25, 0.3) is 0 Å². The Labute approximate surface area is 124 Å². The highest BCUT2D eigenvalue weighted by molar-refractivity contribution is 5.76. The molecule has 1 amide bonds. The molecule has 6 nitrogen and oxygen atoms in total. The van der Waals surface area contributed by atoms with E-state index in [2.05, 4.69) is 4.98 Å². The minimum absolute atomic E-state index is 0.0563. The highest BCUT2D eigenvalue weighted by Crippen LogP contribution is 2.24. The van der Waals surface area contributed by atoms with Crippen LogP contribution in [0.15, 0.2) is 6.33 Å². The number of hydrogen-bond donors (Lipinski definition) is 0. The summed E-state index contributed by atoms with van der Waals surface area (Å²) in [6, 6.07) is 3.78. The van der Waals surface area contributed by atoms with E-state index in [4.69, 9.17) is 10.5 Å². The first-order chi connectivity index (χ1) is 10.2. The molecular formula is C15H19N5O. The number of rotatable bonds is 4. The van der Waals surface area contributed by atoms with E-state index in [0.717, 1.165) is 6.54 Å². The fourth-order valence-electron chi connectivity index (χ4n) is 2.83. The van der Waals surface area contributed by atoms with Gasteiger partial charge in [-0.25, -0.2) is 4.98 Å². The Bertz CT molecular complexity index is 586. The van der Waals surface area contributed by atoms with E-state index in [0.29, 0.717) is 5.92 Å². The molecule has 2 rings (SSSR count). The van der Waals surface area contributed by atoms with E-state index in [1.807, 2.05) is 12.1 Å². The molecule has 1 aromatic heterocycles. The van der Waals surface area contributed by atoms with Gasteiger partial charge in [0.05, 0.1) is 6.33 Å². The first kappa shape index (κ1) is 15.1. The van der Waals surface area contributed by atoms with Gasteiger partial charge in [-0.3, -0.25) is 4.79 Å². The summed E-state index contributed by atoms with van der Waals surface area (Å²) in [6.45, 7) is 0.821. The Morgan fingerprint density at radius 1 is 1.38 bits per heavy atom. The number of carbonyl (C=O) groups is 1. The van der Waals surface area contributed by atoms with Crippen LogP contribution >= 0.6 is 0 Å². The van der Waals surface area contributed by atoms with Crippen LogP contribution in [0.2, 0.25) is 0 Å². The van der Waals surface area contributed by atoms with Crippen LogP contribution in [0.25, 0.3) is 0 Å². The second kappa shape index (κ2) is 6.90. The maximum atomic E-state index is 12.2. The van der Waals surface area contributed by atoms with Gasteiger partial charge in [-0.2, -0.15) is 10.5 Å². The molecule has 1 fully saturated rings. The SMILES string of the molecule is CN(CC1CCCCC1)C(=O)Cn1cnc(C#N)c1C#N. The Hall–Kier alpha value is -2.34. The Balaban J connectivity index is 1.96. The van der Waals surface area contributed by atoms with E-state index < -0.39 is 0 Å². The third-order valence-electron chi connectivity index (χ3n) is 4.04. The molecule has 1 aliphatic rings. The third kappa shape index (κ3) is 3.61. The topological polar surface area (TPSA) is 85.7 Å². The summed E-state index contributed by atoms with van der Waals surface area (Å²) in [7, 11) is 1.80. The summed E-state index contributed by atoms with van der Waals surface area (Å²) >= 11 is 0. The van der Waals surface area contributed by atoms with Gasteiger partial charge in [0, 0.05) is 13.6 Å². The lowest BCUT2D eigenvalue weighted by Gasteiger charge is -2.27. The molecule has 1 aromatic rings. The number of likely N-dealkylation sites (N-methyl/N-ethyl adjacent to an activating group) is 1. The highest BCUT2D eigenvalue weighted by atomic mass is 16.2. The molecule has 6 heteroatoms. The Morgan fingerprint density at radius 3 is 2.71 bits per heavy atom. The number of hydrogen-bond acceptors (Lipinski definition) is 4. The summed E-state index contributed by atoms with van der Waals surface area (Å²) in [6.07, 6.45) is 7.54. The maximum absolute atomic E-state index is 12.2. The molecule has 0 saturated heterocycles. The van der Waals surface area contributed by atoms with Gasteiger partial charge in [0.2, 0.25) is 5.91 Å². The van der Waals surface area contributed by atoms with Gasteiger partial charge in [-0.1, -0.05) is 19.3 Å². The quantitative estimate of drug-likeness (QED) is 0.842. The third-order valence-corrected chi connectivity index (χ3v) is 4.04. The second-order valence-electron chi connectivity index (χ2n) is 5.57. The first-order valence-electron chi connectivity index (χ1n) is 7.25. The molecule has 0 atom stereocenters. The zero-order chi connectivity index (χ0) is 15.2. The molecule has 0 spiro atoms. The molecule has 0 unspecified atom stereocenters. The Morgan fingerprint density at radius 2 is 2.10 bits per heavy atom. The predicted molar refractivity (Wildman–Crippen MR) is 75.9 cm³/mol. The van der Waals surface area contributed by atoms with Crippen molar-refractivity contribution < 1.29 is 4.79 Å². The number of imidazole rings is 1. The molecule has 1 aliphatic carbocycles. The van der Waals surface area contributed by atoms with E-state index in [1.54, 1.807) is 11.9 Å². The van der Waals surface area contributed by atoms with Crippen molar-refractivity contribution in [2.75, 3.05) is 13.6 Å². The number of nitrogens with zero attached hydrogens (tertiary/aromatic N) is 5. The zero-order valence-electron chi connectivity index (χ0n) is 12.2. The fraction of sp³-hybridized carbons (Fsp3) is 0.600. The van der Waals surface area contributed by atoms with Crippen LogP contribution in [-0.4, -0.2) is 34.0 Å². The van der Waals surface area contributed by atoms with Gasteiger partial charge in [-0.15, -0.1) is 0 Å². The van der Waals surface area contributed by atoms with Gasteiger partial charge in [0.15, 0.2) is 11.4 Å². The van der Waals surface area contributed by atoms with Crippen molar-refractivity contribution in [3.8, 4) is 12.1 Å². The molecular weight excluding hydrogens is 266 g/mol. The van der Waals surface area contributed by atoms with Crippen molar-refractivity contribution >= 4 is 5.91 Å². The van der Waals surface area contributed by atoms with Gasteiger partial charge in [0.1, 0.15) is 18.7 Å². The van der Waals surface area contributed by atoms with Crippen LogP contribution < -0.4 is 0 Å². The summed E-state index contributed by atoms with van der Waals surface area (Å²) in [4.78, 5) is 17.8. The molecule has 21 heavy (non-hydrogen) atoms. The molecule has 0 N–H and O–H groups in total. The standard InChI is InChI=1S/C15H19N5O/c1-19(9-12-5-3-2-4-6-12)15(21)10-20-11-18-13(7-16)14(20)8-17/h11-12H,2-6,9-10H2,1H3. The fourth-order valence-corrected chi connectivity index (χ4v) is 2.83. The number of amides is 1. The number of carbonyl (C=O) groups excluding carboxylic acids is 1. The number of aromatic nitrogens is 2. The van der Waals surface area contributed by atoms with Crippen LogP contribution in [0.5, 0.6) is 0 Å². The lowest BCUT2D eigenvalue weighted by Crippen LogP contribution is -2.35. The minimum atomic E-state index is -0.0565. The molecule has 1 heterocycles. The summed E-state index contributed by atoms with van der Waals surface area (Å²) in [5.41, 5.74) is 0.220. The second-order valence-corrected chi connectivity index (χ2v) is 5.57. The van der Waals surface area contributed by atoms with Crippen LogP contribution in [0.1, 0.15) is 43.5 Å². The highest BCUT2D eigenvalue weighted by Gasteiger charge is 2.20. The lowest BCUT2D eigenvalue weighted by molar-refractivity contribution is -0.131. The maximum Gasteiger partial charge on any atom is 0.242 e. The smallest absolute Gasteiger partial charge is 0.242 e. The van der Waals surface area contributed by atoms with Crippen molar-refractivity contribution in [1.82, 2.24) is 14.5 Å². The summed E-state index contributed by atoms with van der Waals surface area (Å²) in [5.74, 6) is 0.527. The first-order valence-corrected chi connectivity index (χ1v) is 7.25. The van der Waals surface area contributed by atoms with E-state index in [1.165, 1.54) is 43.0 Å². The molecule has 1 saturated carbocycles. The molecule has 0 aromatic carbocycles. The lowest BCUT2D eigenvalue weighted by atomic mass is 9.89.